The van der Waals surface area contributed by atoms with Crippen molar-refractivity contribution in [1.29, 1.82) is 0 Å². The Morgan fingerprint density at radius 2 is 1.67 bits per heavy atom. The van der Waals surface area contributed by atoms with E-state index in [2.05, 4.69) is 0 Å². The molecule has 2 heterocycles. The summed E-state index contributed by atoms with van der Waals surface area (Å²) in [6.45, 7) is 0. The van der Waals surface area contributed by atoms with Crippen molar-refractivity contribution in [1.82, 2.24) is 9.30 Å². The number of aryl methyl sites for hydroxylation is 1. The Morgan fingerprint density at radius 3 is 2.30 bits per heavy atom. The molecule has 0 N–H and O–H groups in total. The average molecular weight is 376 g/mol. The standard InChI is InChI=1S/C19H15F3N2O3/c1-23-14-8-10(19(20,21)22)4-6-12(14)16-17(23)13-7-5-11(26-2)9-15(13)24(27-3)18(16)25/h4-9H,1-3H3. The molecule has 4 aromatic rings. The predicted octanol–water partition coefficient (Wildman–Crippen LogP) is 3.73. The van der Waals surface area contributed by atoms with Crippen LogP contribution in [0.15, 0.2) is 41.2 Å². The highest BCUT2D eigenvalue weighted by Crippen LogP contribution is 2.36. The highest BCUT2D eigenvalue weighted by Gasteiger charge is 2.31. The van der Waals surface area contributed by atoms with Gasteiger partial charge in [0.1, 0.15) is 12.9 Å². The monoisotopic (exact) mass is 376 g/mol. The molecular formula is C19H15F3N2O3. The lowest BCUT2D eigenvalue weighted by Gasteiger charge is -2.11. The number of halogens is 3. The molecular weight excluding hydrogens is 361 g/mol. The van der Waals surface area contributed by atoms with Crippen molar-refractivity contribution in [2.75, 3.05) is 14.2 Å². The van der Waals surface area contributed by atoms with Crippen LogP contribution in [0.4, 0.5) is 13.2 Å². The Bertz CT molecular complexity index is 1270. The first kappa shape index (κ1) is 17.3. The second-order valence-electron chi connectivity index (χ2n) is 6.18. The predicted molar refractivity (Wildman–Crippen MR) is 96.2 cm³/mol. The molecule has 0 bridgehead atoms. The van der Waals surface area contributed by atoms with Gasteiger partial charge in [0.2, 0.25) is 0 Å². The summed E-state index contributed by atoms with van der Waals surface area (Å²) in [5.41, 5.74) is 0.122. The molecule has 2 aromatic carbocycles. The van der Waals surface area contributed by atoms with Gasteiger partial charge in [-0.1, -0.05) is 6.07 Å². The lowest BCUT2D eigenvalue weighted by atomic mass is 10.1. The van der Waals surface area contributed by atoms with E-state index in [1.54, 1.807) is 29.8 Å². The number of methoxy groups -OCH3 is 1. The molecule has 2 aromatic heterocycles. The van der Waals surface area contributed by atoms with Crippen molar-refractivity contribution in [2.45, 2.75) is 6.18 Å². The minimum atomic E-state index is -4.47. The minimum absolute atomic E-state index is 0.306. The number of fused-ring (bicyclic) bond motifs is 5. The summed E-state index contributed by atoms with van der Waals surface area (Å²) < 4.78 is 47.3. The molecule has 0 aliphatic rings. The Kier molecular flexibility index (Phi) is 3.62. The lowest BCUT2D eigenvalue weighted by molar-refractivity contribution is -0.137. The Hall–Kier alpha value is -3.16. The fourth-order valence-electron chi connectivity index (χ4n) is 3.54. The smallest absolute Gasteiger partial charge is 0.416 e. The number of hydrogen-bond donors (Lipinski definition) is 0. The summed E-state index contributed by atoms with van der Waals surface area (Å²) in [5, 5.41) is 1.41. The fourth-order valence-corrected chi connectivity index (χ4v) is 3.54. The van der Waals surface area contributed by atoms with Crippen LogP contribution in [0.5, 0.6) is 5.75 Å². The Labute approximate surface area is 151 Å². The molecule has 0 fully saturated rings. The van der Waals surface area contributed by atoms with E-state index in [1.165, 1.54) is 20.3 Å². The van der Waals surface area contributed by atoms with Crippen molar-refractivity contribution < 1.29 is 22.7 Å². The number of alkyl halides is 3. The summed E-state index contributed by atoms with van der Waals surface area (Å²) in [5.74, 6) is 0.533. The zero-order valence-corrected chi connectivity index (χ0v) is 14.7. The first-order chi connectivity index (χ1) is 12.8. The number of hydrogen-bond acceptors (Lipinski definition) is 3. The number of aromatic nitrogens is 2. The van der Waals surface area contributed by atoms with Gasteiger partial charge in [-0.2, -0.15) is 13.2 Å². The van der Waals surface area contributed by atoms with Gasteiger partial charge >= 0.3 is 6.18 Å². The van der Waals surface area contributed by atoms with Gasteiger partial charge in [0.25, 0.3) is 5.56 Å². The summed E-state index contributed by atoms with van der Waals surface area (Å²) in [7, 11) is 4.51. The number of nitrogens with zero attached hydrogens (tertiary/aromatic N) is 2. The Balaban J connectivity index is 2.25. The fraction of sp³-hybridized carbons (Fsp3) is 0.211. The molecule has 0 saturated heterocycles. The van der Waals surface area contributed by atoms with E-state index in [0.29, 0.717) is 38.5 Å². The van der Waals surface area contributed by atoms with Crippen LogP contribution in [0, 0.1) is 0 Å². The quantitative estimate of drug-likeness (QED) is 0.536. The van der Waals surface area contributed by atoms with E-state index < -0.39 is 17.3 Å². The zero-order valence-electron chi connectivity index (χ0n) is 14.7. The van der Waals surface area contributed by atoms with Crippen molar-refractivity contribution in [3.05, 3.63) is 52.3 Å². The second kappa shape index (κ2) is 5.67. The molecule has 0 amide bonds. The average Bonchev–Trinajstić information content (AvgIpc) is 2.94. The number of benzene rings is 2. The summed E-state index contributed by atoms with van der Waals surface area (Å²) in [6, 6.07) is 8.51. The number of ether oxygens (including phenoxy) is 1. The van der Waals surface area contributed by atoms with Crippen LogP contribution in [0.3, 0.4) is 0 Å². The van der Waals surface area contributed by atoms with E-state index in [0.717, 1.165) is 16.9 Å². The zero-order chi connectivity index (χ0) is 19.5. The van der Waals surface area contributed by atoms with E-state index in [9.17, 15) is 18.0 Å². The van der Waals surface area contributed by atoms with Crippen LogP contribution in [-0.4, -0.2) is 23.5 Å². The lowest BCUT2D eigenvalue weighted by Crippen LogP contribution is -2.25. The van der Waals surface area contributed by atoms with Crippen molar-refractivity contribution in [3.8, 4) is 5.75 Å². The van der Waals surface area contributed by atoms with Gasteiger partial charge in [-0.3, -0.25) is 4.79 Å². The molecule has 5 nitrogen and oxygen atoms in total. The van der Waals surface area contributed by atoms with Gasteiger partial charge in [0, 0.05) is 29.4 Å². The molecule has 0 aliphatic carbocycles. The molecule has 8 heteroatoms. The summed E-state index contributed by atoms with van der Waals surface area (Å²) in [4.78, 5) is 18.3. The Morgan fingerprint density at radius 1 is 0.963 bits per heavy atom. The molecule has 4 rings (SSSR count). The summed E-state index contributed by atoms with van der Waals surface area (Å²) in [6.07, 6.45) is -4.47. The SMILES string of the molecule is COc1ccc2c(c1)n(OC)c(=O)c1c3ccc(C(F)(F)F)cc3n(C)c21. The third-order valence-electron chi connectivity index (χ3n) is 4.79. The molecule has 0 atom stereocenters. The van der Waals surface area contributed by atoms with Gasteiger partial charge < -0.3 is 14.1 Å². The number of pyridine rings is 1. The first-order valence-corrected chi connectivity index (χ1v) is 8.04. The van der Waals surface area contributed by atoms with Crippen LogP contribution < -0.4 is 15.1 Å². The van der Waals surface area contributed by atoms with Gasteiger partial charge in [-0.15, -0.1) is 4.73 Å². The van der Waals surface area contributed by atoms with Crippen LogP contribution in [0.25, 0.3) is 32.7 Å². The maximum absolute atomic E-state index is 13.1. The van der Waals surface area contributed by atoms with Gasteiger partial charge in [0.05, 0.1) is 29.1 Å². The maximum Gasteiger partial charge on any atom is 0.416 e. The molecule has 140 valence electrons. The normalized spacial score (nSPS) is 12.2. The molecule has 0 saturated carbocycles. The largest absolute Gasteiger partial charge is 0.497 e. The van der Waals surface area contributed by atoms with E-state index in [1.807, 2.05) is 0 Å². The molecule has 0 spiro atoms. The molecule has 0 aliphatic heterocycles. The summed E-state index contributed by atoms with van der Waals surface area (Å²) >= 11 is 0. The van der Waals surface area contributed by atoms with Crippen LogP contribution >= 0.6 is 0 Å². The van der Waals surface area contributed by atoms with Gasteiger partial charge in [0.15, 0.2) is 0 Å². The maximum atomic E-state index is 13.1. The van der Waals surface area contributed by atoms with E-state index >= 15 is 0 Å². The van der Waals surface area contributed by atoms with E-state index in [-0.39, 0.29) is 0 Å². The highest BCUT2D eigenvalue weighted by atomic mass is 19.4. The van der Waals surface area contributed by atoms with Crippen molar-refractivity contribution in [2.24, 2.45) is 7.05 Å². The second-order valence-corrected chi connectivity index (χ2v) is 6.18. The van der Waals surface area contributed by atoms with Crippen LogP contribution in [-0.2, 0) is 13.2 Å². The topological polar surface area (TPSA) is 45.4 Å². The first-order valence-electron chi connectivity index (χ1n) is 8.04. The van der Waals surface area contributed by atoms with Crippen LogP contribution in [0.1, 0.15) is 5.56 Å². The molecule has 0 unspecified atom stereocenters. The molecule has 0 radical (unpaired) electrons. The third kappa shape index (κ3) is 2.36. The van der Waals surface area contributed by atoms with Crippen molar-refractivity contribution >= 4 is 32.7 Å². The third-order valence-corrected chi connectivity index (χ3v) is 4.79. The number of rotatable bonds is 2. The minimum Gasteiger partial charge on any atom is -0.497 e. The van der Waals surface area contributed by atoms with Gasteiger partial charge in [-0.05, 0) is 24.3 Å². The van der Waals surface area contributed by atoms with Crippen LogP contribution in [0.2, 0.25) is 0 Å². The molecule has 27 heavy (non-hydrogen) atoms. The van der Waals surface area contributed by atoms with Crippen molar-refractivity contribution in [3.63, 3.8) is 0 Å². The highest BCUT2D eigenvalue weighted by molar-refractivity contribution is 6.16. The van der Waals surface area contributed by atoms with E-state index in [4.69, 9.17) is 9.57 Å². The van der Waals surface area contributed by atoms with Gasteiger partial charge in [-0.25, -0.2) is 0 Å².